The van der Waals surface area contributed by atoms with Crippen LogP contribution < -0.4 is 5.32 Å². The Balaban J connectivity index is 3.52. The lowest BCUT2D eigenvalue weighted by atomic mass is 10.0. The van der Waals surface area contributed by atoms with Gasteiger partial charge in [-0.05, 0) is 42.0 Å². The minimum absolute atomic E-state index is 0.242. The van der Waals surface area contributed by atoms with Gasteiger partial charge < -0.3 is 15.1 Å². The summed E-state index contributed by atoms with van der Waals surface area (Å²) < 4.78 is 0. The van der Waals surface area contributed by atoms with Gasteiger partial charge in [0.1, 0.15) is 0 Å². The minimum Gasteiger partial charge on any atom is -0.314 e. The van der Waals surface area contributed by atoms with Crippen LogP contribution in [-0.2, 0) is 0 Å². The van der Waals surface area contributed by atoms with E-state index in [2.05, 4.69) is 57.2 Å². The summed E-state index contributed by atoms with van der Waals surface area (Å²) in [5.74, 6) is 0. The Kier molecular flexibility index (Phi) is 5.53. The summed E-state index contributed by atoms with van der Waals surface area (Å²) in [6, 6.07) is 0. The molecule has 0 aromatic heterocycles. The highest BCUT2D eigenvalue weighted by molar-refractivity contribution is 4.79. The molecule has 0 saturated carbocycles. The van der Waals surface area contributed by atoms with Crippen molar-refractivity contribution in [2.45, 2.75) is 19.4 Å². The molecule has 0 fully saturated rings. The lowest BCUT2D eigenvalue weighted by Crippen LogP contribution is -2.47. The van der Waals surface area contributed by atoms with Crippen molar-refractivity contribution >= 4 is 0 Å². The Morgan fingerprint density at radius 2 is 1.62 bits per heavy atom. The molecule has 3 heteroatoms. The fourth-order valence-corrected chi connectivity index (χ4v) is 0.855. The zero-order valence-electron chi connectivity index (χ0n) is 10.0. The van der Waals surface area contributed by atoms with Gasteiger partial charge in [-0.2, -0.15) is 0 Å². The molecule has 0 aromatic rings. The van der Waals surface area contributed by atoms with E-state index in [0.717, 1.165) is 19.6 Å². The highest BCUT2D eigenvalue weighted by Gasteiger charge is 2.18. The number of likely N-dealkylation sites (N-methyl/N-ethyl adjacent to an activating group) is 2. The molecule has 0 aliphatic carbocycles. The molecule has 0 atom stereocenters. The number of nitrogens with zero attached hydrogens (tertiary/aromatic N) is 2. The monoisotopic (exact) mass is 187 g/mol. The Hall–Kier alpha value is -0.120. The SMILES string of the molecule is CN(C)CCNCC(C)(C)N(C)C. The van der Waals surface area contributed by atoms with Crippen molar-refractivity contribution in [3.05, 3.63) is 0 Å². The second-order valence-electron chi connectivity index (χ2n) is 4.69. The van der Waals surface area contributed by atoms with Crippen LogP contribution in [0.25, 0.3) is 0 Å². The molecule has 0 bridgehead atoms. The first kappa shape index (κ1) is 12.9. The van der Waals surface area contributed by atoms with Gasteiger partial charge in [0, 0.05) is 25.2 Å². The van der Waals surface area contributed by atoms with Gasteiger partial charge in [0.15, 0.2) is 0 Å². The van der Waals surface area contributed by atoms with E-state index in [-0.39, 0.29) is 5.54 Å². The Labute approximate surface area is 83.1 Å². The molecule has 0 unspecified atom stereocenters. The predicted molar refractivity (Wildman–Crippen MR) is 59.2 cm³/mol. The van der Waals surface area contributed by atoms with Gasteiger partial charge >= 0.3 is 0 Å². The summed E-state index contributed by atoms with van der Waals surface area (Å²) in [6.07, 6.45) is 0. The maximum Gasteiger partial charge on any atom is 0.0271 e. The quantitative estimate of drug-likeness (QED) is 0.610. The molecule has 0 aliphatic rings. The molecule has 0 rings (SSSR count). The van der Waals surface area contributed by atoms with Crippen molar-refractivity contribution in [2.75, 3.05) is 47.8 Å². The smallest absolute Gasteiger partial charge is 0.0271 e. The highest BCUT2D eigenvalue weighted by Crippen LogP contribution is 2.07. The fourth-order valence-electron chi connectivity index (χ4n) is 0.855. The molecular formula is C10H25N3. The van der Waals surface area contributed by atoms with Crippen LogP contribution in [0.2, 0.25) is 0 Å². The van der Waals surface area contributed by atoms with E-state index in [0.29, 0.717) is 0 Å². The van der Waals surface area contributed by atoms with E-state index in [1.165, 1.54) is 0 Å². The average Bonchev–Trinajstić information content (AvgIpc) is 1.97. The van der Waals surface area contributed by atoms with Crippen LogP contribution in [0.15, 0.2) is 0 Å². The first-order valence-electron chi connectivity index (χ1n) is 4.89. The third-order valence-corrected chi connectivity index (χ3v) is 2.50. The van der Waals surface area contributed by atoms with Gasteiger partial charge in [-0.3, -0.25) is 0 Å². The van der Waals surface area contributed by atoms with Crippen molar-refractivity contribution in [2.24, 2.45) is 0 Å². The van der Waals surface area contributed by atoms with E-state index in [1.807, 2.05) is 0 Å². The van der Waals surface area contributed by atoms with Gasteiger partial charge in [-0.1, -0.05) is 0 Å². The molecule has 80 valence electrons. The van der Waals surface area contributed by atoms with E-state index in [4.69, 9.17) is 0 Å². The molecule has 0 aromatic carbocycles. The van der Waals surface area contributed by atoms with E-state index < -0.39 is 0 Å². The molecule has 0 saturated heterocycles. The Morgan fingerprint density at radius 3 is 2.00 bits per heavy atom. The minimum atomic E-state index is 0.242. The largest absolute Gasteiger partial charge is 0.314 e. The fraction of sp³-hybridized carbons (Fsp3) is 1.00. The zero-order chi connectivity index (χ0) is 10.5. The molecular weight excluding hydrogens is 162 g/mol. The van der Waals surface area contributed by atoms with Crippen LogP contribution in [0.4, 0.5) is 0 Å². The standard InChI is InChI=1S/C10H25N3/c1-10(2,13(5)6)9-11-7-8-12(3)4/h11H,7-9H2,1-6H3. The summed E-state index contributed by atoms with van der Waals surface area (Å²) in [6.45, 7) is 7.69. The molecule has 0 amide bonds. The summed E-state index contributed by atoms with van der Waals surface area (Å²) in [7, 11) is 8.43. The predicted octanol–water partition coefficient (Wildman–Crippen LogP) is 0.478. The number of nitrogens with one attached hydrogen (secondary N) is 1. The second kappa shape index (κ2) is 5.58. The van der Waals surface area contributed by atoms with Gasteiger partial charge in [0.2, 0.25) is 0 Å². The van der Waals surface area contributed by atoms with Crippen LogP contribution in [0.5, 0.6) is 0 Å². The first-order valence-corrected chi connectivity index (χ1v) is 4.89. The lowest BCUT2D eigenvalue weighted by Gasteiger charge is -2.33. The van der Waals surface area contributed by atoms with Crippen LogP contribution in [0.1, 0.15) is 13.8 Å². The summed E-state index contributed by atoms with van der Waals surface area (Å²) in [5.41, 5.74) is 0.242. The van der Waals surface area contributed by atoms with Crippen LogP contribution in [0.3, 0.4) is 0 Å². The molecule has 13 heavy (non-hydrogen) atoms. The van der Waals surface area contributed by atoms with E-state index >= 15 is 0 Å². The van der Waals surface area contributed by atoms with Crippen molar-refractivity contribution in [1.29, 1.82) is 0 Å². The summed E-state index contributed by atoms with van der Waals surface area (Å²) in [4.78, 5) is 4.44. The number of hydrogen-bond donors (Lipinski definition) is 1. The van der Waals surface area contributed by atoms with Gasteiger partial charge in [0.05, 0.1) is 0 Å². The molecule has 0 radical (unpaired) electrons. The maximum absolute atomic E-state index is 3.46. The highest BCUT2D eigenvalue weighted by atomic mass is 15.2. The van der Waals surface area contributed by atoms with Crippen molar-refractivity contribution in [3.8, 4) is 0 Å². The van der Waals surface area contributed by atoms with E-state index in [9.17, 15) is 0 Å². The molecule has 0 heterocycles. The van der Waals surface area contributed by atoms with Gasteiger partial charge in [-0.25, -0.2) is 0 Å². The number of hydrogen-bond acceptors (Lipinski definition) is 3. The van der Waals surface area contributed by atoms with Crippen molar-refractivity contribution < 1.29 is 0 Å². The number of rotatable bonds is 6. The molecule has 3 nitrogen and oxygen atoms in total. The summed E-state index contributed by atoms with van der Waals surface area (Å²) >= 11 is 0. The zero-order valence-corrected chi connectivity index (χ0v) is 10.0. The van der Waals surface area contributed by atoms with Crippen molar-refractivity contribution in [3.63, 3.8) is 0 Å². The lowest BCUT2D eigenvalue weighted by molar-refractivity contribution is 0.189. The Bertz CT molecular complexity index is 130. The van der Waals surface area contributed by atoms with Crippen LogP contribution in [-0.4, -0.2) is 63.2 Å². The Morgan fingerprint density at radius 1 is 1.08 bits per heavy atom. The second-order valence-corrected chi connectivity index (χ2v) is 4.69. The van der Waals surface area contributed by atoms with E-state index in [1.54, 1.807) is 0 Å². The molecule has 0 spiro atoms. The maximum atomic E-state index is 3.46. The molecule has 1 N–H and O–H groups in total. The van der Waals surface area contributed by atoms with Crippen LogP contribution >= 0.6 is 0 Å². The molecule has 0 aliphatic heterocycles. The average molecular weight is 187 g/mol. The van der Waals surface area contributed by atoms with Crippen LogP contribution in [0, 0.1) is 0 Å². The third-order valence-electron chi connectivity index (χ3n) is 2.50. The van der Waals surface area contributed by atoms with Gasteiger partial charge in [0.25, 0.3) is 0 Å². The normalized spacial score (nSPS) is 12.9. The topological polar surface area (TPSA) is 18.5 Å². The third kappa shape index (κ3) is 6.02. The van der Waals surface area contributed by atoms with Crippen molar-refractivity contribution in [1.82, 2.24) is 15.1 Å². The summed E-state index contributed by atoms with van der Waals surface area (Å²) in [5, 5.41) is 3.46. The van der Waals surface area contributed by atoms with Gasteiger partial charge in [-0.15, -0.1) is 0 Å². The first-order chi connectivity index (χ1) is 5.86.